The van der Waals surface area contributed by atoms with E-state index in [1.807, 2.05) is 11.8 Å². The standard InChI is InChI=1S/C14H25N3OS/c1-14(2,3)9-10(15)8-12-16-13(17-18-12)11-6-4-5-7-19-11/h10-11H,4-9,15H2,1-3H3. The van der Waals surface area contributed by atoms with E-state index in [2.05, 4.69) is 30.9 Å². The molecule has 1 saturated heterocycles. The summed E-state index contributed by atoms with van der Waals surface area (Å²) < 4.78 is 5.35. The molecular weight excluding hydrogens is 258 g/mol. The molecule has 1 fully saturated rings. The van der Waals surface area contributed by atoms with Crippen LogP contribution in [0.2, 0.25) is 0 Å². The Hall–Kier alpha value is -0.550. The van der Waals surface area contributed by atoms with Crippen molar-refractivity contribution in [3.8, 4) is 0 Å². The van der Waals surface area contributed by atoms with Gasteiger partial charge in [0.15, 0.2) is 5.82 Å². The highest BCUT2D eigenvalue weighted by Crippen LogP contribution is 2.36. The first kappa shape index (κ1) is 14.9. The molecule has 19 heavy (non-hydrogen) atoms. The smallest absolute Gasteiger partial charge is 0.228 e. The number of hydrogen-bond donors (Lipinski definition) is 1. The van der Waals surface area contributed by atoms with Crippen molar-refractivity contribution in [2.45, 2.75) is 64.2 Å². The monoisotopic (exact) mass is 283 g/mol. The highest BCUT2D eigenvalue weighted by atomic mass is 32.2. The van der Waals surface area contributed by atoms with Crippen LogP contribution in [-0.4, -0.2) is 21.9 Å². The number of hydrogen-bond acceptors (Lipinski definition) is 5. The van der Waals surface area contributed by atoms with Crippen molar-refractivity contribution in [3.05, 3.63) is 11.7 Å². The van der Waals surface area contributed by atoms with Crippen LogP contribution in [0.4, 0.5) is 0 Å². The minimum Gasteiger partial charge on any atom is -0.339 e. The lowest BCUT2D eigenvalue weighted by atomic mass is 9.87. The first-order chi connectivity index (χ1) is 8.94. The Morgan fingerprint density at radius 1 is 1.42 bits per heavy atom. The van der Waals surface area contributed by atoms with Crippen LogP contribution in [0, 0.1) is 5.41 Å². The van der Waals surface area contributed by atoms with Crippen molar-refractivity contribution in [3.63, 3.8) is 0 Å². The molecule has 5 heteroatoms. The molecule has 1 aromatic rings. The maximum absolute atomic E-state index is 6.15. The van der Waals surface area contributed by atoms with Gasteiger partial charge in [0.25, 0.3) is 0 Å². The van der Waals surface area contributed by atoms with Crippen molar-refractivity contribution >= 4 is 11.8 Å². The molecule has 0 aromatic carbocycles. The molecule has 2 heterocycles. The Balaban J connectivity index is 1.89. The van der Waals surface area contributed by atoms with Crippen LogP contribution >= 0.6 is 11.8 Å². The summed E-state index contributed by atoms with van der Waals surface area (Å²) in [5.74, 6) is 2.76. The van der Waals surface area contributed by atoms with Gasteiger partial charge in [-0.15, -0.1) is 0 Å². The molecule has 108 valence electrons. The average Bonchev–Trinajstić information content (AvgIpc) is 2.76. The Labute approximate surface area is 119 Å². The number of nitrogens with two attached hydrogens (primary N) is 1. The van der Waals surface area contributed by atoms with E-state index in [4.69, 9.17) is 10.3 Å². The molecule has 2 unspecified atom stereocenters. The second-order valence-electron chi connectivity index (χ2n) is 6.63. The molecule has 0 aliphatic carbocycles. The van der Waals surface area contributed by atoms with E-state index in [9.17, 15) is 0 Å². The van der Waals surface area contributed by atoms with E-state index in [1.54, 1.807) is 0 Å². The number of aromatic nitrogens is 2. The maximum atomic E-state index is 6.15. The Morgan fingerprint density at radius 3 is 2.84 bits per heavy atom. The average molecular weight is 283 g/mol. The SMILES string of the molecule is CC(C)(C)CC(N)Cc1nc(C2CCCCS2)no1. The van der Waals surface area contributed by atoms with Crippen LogP contribution in [0.25, 0.3) is 0 Å². The van der Waals surface area contributed by atoms with Crippen LogP contribution < -0.4 is 5.73 Å². The molecule has 2 atom stereocenters. The van der Waals surface area contributed by atoms with Gasteiger partial charge in [-0.05, 0) is 30.4 Å². The number of rotatable bonds is 4. The van der Waals surface area contributed by atoms with Gasteiger partial charge in [0.1, 0.15) is 0 Å². The van der Waals surface area contributed by atoms with Gasteiger partial charge < -0.3 is 10.3 Å². The second kappa shape index (κ2) is 6.27. The van der Waals surface area contributed by atoms with E-state index < -0.39 is 0 Å². The fourth-order valence-electron chi connectivity index (χ4n) is 2.51. The summed E-state index contributed by atoms with van der Waals surface area (Å²) in [5, 5.41) is 4.55. The minimum absolute atomic E-state index is 0.0901. The van der Waals surface area contributed by atoms with Crippen LogP contribution in [0.5, 0.6) is 0 Å². The summed E-state index contributed by atoms with van der Waals surface area (Å²) >= 11 is 1.94. The first-order valence-electron chi connectivity index (χ1n) is 7.14. The van der Waals surface area contributed by atoms with Crippen molar-refractivity contribution < 1.29 is 4.52 Å². The van der Waals surface area contributed by atoms with Gasteiger partial charge in [0.05, 0.1) is 5.25 Å². The third-order valence-electron chi connectivity index (χ3n) is 3.26. The van der Waals surface area contributed by atoms with Gasteiger partial charge in [0.2, 0.25) is 5.89 Å². The fourth-order valence-corrected chi connectivity index (χ4v) is 3.74. The van der Waals surface area contributed by atoms with E-state index >= 15 is 0 Å². The lowest BCUT2D eigenvalue weighted by Crippen LogP contribution is -2.28. The van der Waals surface area contributed by atoms with E-state index in [-0.39, 0.29) is 11.5 Å². The fraction of sp³-hybridized carbons (Fsp3) is 0.857. The summed E-state index contributed by atoms with van der Waals surface area (Å²) in [6.45, 7) is 6.60. The quantitative estimate of drug-likeness (QED) is 0.918. The predicted octanol–water partition coefficient (Wildman–Crippen LogP) is 3.33. The molecule has 0 amide bonds. The molecule has 1 aliphatic heterocycles. The third kappa shape index (κ3) is 4.80. The van der Waals surface area contributed by atoms with Gasteiger partial charge in [-0.25, -0.2) is 0 Å². The summed E-state index contributed by atoms with van der Waals surface area (Å²) in [5.41, 5.74) is 6.38. The van der Waals surface area contributed by atoms with Gasteiger partial charge in [-0.2, -0.15) is 16.7 Å². The molecule has 0 spiro atoms. The van der Waals surface area contributed by atoms with E-state index in [1.165, 1.54) is 18.6 Å². The molecule has 0 bridgehead atoms. The minimum atomic E-state index is 0.0901. The first-order valence-corrected chi connectivity index (χ1v) is 8.18. The van der Waals surface area contributed by atoms with Crippen LogP contribution in [-0.2, 0) is 6.42 Å². The van der Waals surface area contributed by atoms with Crippen molar-refractivity contribution in [1.29, 1.82) is 0 Å². The van der Waals surface area contributed by atoms with Crippen molar-refractivity contribution in [2.24, 2.45) is 11.1 Å². The Kier molecular flexibility index (Phi) is 4.90. The zero-order valence-electron chi connectivity index (χ0n) is 12.2. The zero-order valence-corrected chi connectivity index (χ0v) is 13.0. The third-order valence-corrected chi connectivity index (χ3v) is 4.64. The highest BCUT2D eigenvalue weighted by molar-refractivity contribution is 7.99. The molecule has 1 aromatic heterocycles. The second-order valence-corrected chi connectivity index (χ2v) is 7.94. The Bertz CT molecular complexity index is 394. The van der Waals surface area contributed by atoms with Crippen LogP contribution in [0.3, 0.4) is 0 Å². The van der Waals surface area contributed by atoms with E-state index in [0.29, 0.717) is 17.6 Å². The highest BCUT2D eigenvalue weighted by Gasteiger charge is 2.23. The summed E-state index contributed by atoms with van der Waals surface area (Å²) in [6, 6.07) is 0.0901. The molecule has 4 nitrogen and oxygen atoms in total. The summed E-state index contributed by atoms with van der Waals surface area (Å²) in [4.78, 5) is 4.53. The van der Waals surface area contributed by atoms with Gasteiger partial charge >= 0.3 is 0 Å². The molecule has 0 radical (unpaired) electrons. The summed E-state index contributed by atoms with van der Waals surface area (Å²) in [6.07, 6.45) is 5.38. The predicted molar refractivity (Wildman–Crippen MR) is 79.1 cm³/mol. The molecule has 1 aliphatic rings. The molecule has 0 saturated carbocycles. The van der Waals surface area contributed by atoms with Gasteiger partial charge in [-0.1, -0.05) is 32.3 Å². The summed E-state index contributed by atoms with van der Waals surface area (Å²) in [7, 11) is 0. The maximum Gasteiger partial charge on any atom is 0.228 e. The molecule has 2 rings (SSSR count). The Morgan fingerprint density at radius 2 is 2.21 bits per heavy atom. The normalized spacial score (nSPS) is 22.4. The van der Waals surface area contributed by atoms with E-state index in [0.717, 1.165) is 18.7 Å². The van der Waals surface area contributed by atoms with Crippen LogP contribution in [0.1, 0.15) is 63.4 Å². The van der Waals surface area contributed by atoms with Gasteiger partial charge in [-0.3, -0.25) is 0 Å². The number of thioether (sulfide) groups is 1. The molecule has 2 N–H and O–H groups in total. The van der Waals surface area contributed by atoms with Crippen LogP contribution in [0.15, 0.2) is 4.52 Å². The lowest BCUT2D eigenvalue weighted by molar-refractivity contribution is 0.312. The topological polar surface area (TPSA) is 64.9 Å². The van der Waals surface area contributed by atoms with Gasteiger partial charge in [0, 0.05) is 12.5 Å². The van der Waals surface area contributed by atoms with Crippen molar-refractivity contribution in [1.82, 2.24) is 10.1 Å². The lowest BCUT2D eigenvalue weighted by Gasteiger charge is -2.21. The molecular formula is C14H25N3OS. The number of nitrogens with zero attached hydrogens (tertiary/aromatic N) is 2. The largest absolute Gasteiger partial charge is 0.339 e. The zero-order chi connectivity index (χ0) is 13.9. The van der Waals surface area contributed by atoms with Crippen molar-refractivity contribution in [2.75, 3.05) is 5.75 Å².